The van der Waals surface area contributed by atoms with Crippen LogP contribution in [-0.2, 0) is 10.0 Å². The second-order valence-corrected chi connectivity index (χ2v) is 10.2. The summed E-state index contributed by atoms with van der Waals surface area (Å²) < 4.78 is 42.5. The Morgan fingerprint density at radius 3 is 2.41 bits per heavy atom. The normalized spacial score (nSPS) is 15.1. The first-order chi connectivity index (χ1) is 13.8. The molecule has 0 radical (unpaired) electrons. The van der Waals surface area contributed by atoms with Crippen molar-refractivity contribution in [1.29, 1.82) is 0 Å². The van der Waals surface area contributed by atoms with Gasteiger partial charge in [-0.2, -0.15) is 0 Å². The van der Waals surface area contributed by atoms with Crippen LogP contribution in [0.25, 0.3) is 0 Å². The maximum Gasteiger partial charge on any atom is 0.262 e. The number of benzene rings is 2. The number of hydrogen-bond acceptors (Lipinski definition) is 4. The van der Waals surface area contributed by atoms with Crippen LogP contribution in [0.15, 0.2) is 50.7 Å². The van der Waals surface area contributed by atoms with Gasteiger partial charge in [0.05, 0.1) is 16.1 Å². The van der Waals surface area contributed by atoms with E-state index in [4.69, 9.17) is 0 Å². The van der Waals surface area contributed by atoms with E-state index < -0.39 is 15.8 Å². The molecule has 0 spiro atoms. The minimum Gasteiger partial charge on any atom is -0.339 e. The number of nitrogens with zero attached hydrogens (tertiary/aromatic N) is 1. The van der Waals surface area contributed by atoms with E-state index in [0.717, 1.165) is 25.7 Å². The topological polar surface area (TPSA) is 66.5 Å². The first kappa shape index (κ1) is 22.1. The molecule has 1 fully saturated rings. The van der Waals surface area contributed by atoms with Crippen LogP contribution in [-0.4, -0.2) is 38.6 Å². The van der Waals surface area contributed by atoms with Crippen LogP contribution in [0.2, 0.25) is 0 Å². The highest BCUT2D eigenvalue weighted by Crippen LogP contribution is 2.28. The summed E-state index contributed by atoms with van der Waals surface area (Å²) in [6.45, 7) is 1.35. The molecule has 0 bridgehead atoms. The highest BCUT2D eigenvalue weighted by molar-refractivity contribution is 9.10. The number of nitrogens with one attached hydrogen (secondary N) is 1. The van der Waals surface area contributed by atoms with Crippen LogP contribution >= 0.6 is 27.7 Å². The average molecular weight is 501 g/mol. The monoisotopic (exact) mass is 500 g/mol. The number of carbonyl (C=O) groups excluding carboxylic acids is 1. The molecule has 0 atom stereocenters. The van der Waals surface area contributed by atoms with Crippen molar-refractivity contribution in [2.24, 2.45) is 0 Å². The van der Waals surface area contributed by atoms with Gasteiger partial charge in [0.15, 0.2) is 0 Å². The Morgan fingerprint density at radius 1 is 1.10 bits per heavy atom. The van der Waals surface area contributed by atoms with Crippen LogP contribution in [0, 0.1) is 5.82 Å². The molecule has 1 N–H and O–H groups in total. The minimum absolute atomic E-state index is 0.0733. The Balaban J connectivity index is 1.93. The van der Waals surface area contributed by atoms with E-state index in [1.54, 1.807) is 17.0 Å². The van der Waals surface area contributed by atoms with Gasteiger partial charge in [0.25, 0.3) is 15.9 Å². The smallest absolute Gasteiger partial charge is 0.262 e. The fourth-order valence-electron chi connectivity index (χ4n) is 3.24. The SMILES string of the molecule is CSc1ccc(S(=O)(=O)Nc2ccc(Br)cc2F)cc1C(=O)N1CCCCCC1. The van der Waals surface area contributed by atoms with Crippen LogP contribution in [0.3, 0.4) is 0 Å². The third kappa shape index (κ3) is 5.32. The molecule has 2 aromatic rings. The summed E-state index contributed by atoms with van der Waals surface area (Å²) in [6.07, 6.45) is 5.93. The Hall–Kier alpha value is -1.58. The van der Waals surface area contributed by atoms with Crippen LogP contribution in [0.4, 0.5) is 10.1 Å². The fourth-order valence-corrected chi connectivity index (χ4v) is 5.24. The molecule has 0 aromatic heterocycles. The second-order valence-electron chi connectivity index (χ2n) is 6.80. The molecule has 2 aromatic carbocycles. The summed E-state index contributed by atoms with van der Waals surface area (Å²) in [5.74, 6) is -0.854. The number of amides is 1. The molecule has 1 aliphatic rings. The maximum absolute atomic E-state index is 14.1. The highest BCUT2D eigenvalue weighted by Gasteiger charge is 2.24. The summed E-state index contributed by atoms with van der Waals surface area (Å²) in [5, 5.41) is 0. The lowest BCUT2D eigenvalue weighted by Crippen LogP contribution is -2.32. The van der Waals surface area contributed by atoms with Gasteiger partial charge in [0, 0.05) is 22.5 Å². The predicted octanol–water partition coefficient (Wildman–Crippen LogP) is 5.13. The molecule has 156 valence electrons. The molecule has 1 amide bonds. The number of rotatable bonds is 5. The zero-order valence-electron chi connectivity index (χ0n) is 16.0. The van der Waals surface area contributed by atoms with Gasteiger partial charge in [-0.05, 0) is 55.5 Å². The lowest BCUT2D eigenvalue weighted by molar-refractivity contribution is 0.0758. The van der Waals surface area contributed by atoms with E-state index in [0.29, 0.717) is 28.0 Å². The molecular formula is C20H22BrFN2O3S2. The van der Waals surface area contributed by atoms with Crippen LogP contribution in [0.5, 0.6) is 0 Å². The largest absolute Gasteiger partial charge is 0.339 e. The summed E-state index contributed by atoms with van der Waals surface area (Å²) >= 11 is 4.54. The van der Waals surface area contributed by atoms with Gasteiger partial charge < -0.3 is 4.90 Å². The fraction of sp³-hybridized carbons (Fsp3) is 0.350. The van der Waals surface area contributed by atoms with Gasteiger partial charge in [-0.1, -0.05) is 28.8 Å². The first-order valence-electron chi connectivity index (χ1n) is 9.27. The van der Waals surface area contributed by atoms with E-state index in [1.165, 1.54) is 36.0 Å². The maximum atomic E-state index is 14.1. The van der Waals surface area contributed by atoms with Gasteiger partial charge in [0.1, 0.15) is 5.82 Å². The summed E-state index contributed by atoms with van der Waals surface area (Å²) in [5.41, 5.74) is 0.209. The lowest BCUT2D eigenvalue weighted by atomic mass is 10.2. The molecule has 1 aliphatic heterocycles. The standard InChI is InChI=1S/C20H22BrFN2O3S2/c1-28-19-9-7-15(13-16(19)20(25)24-10-4-2-3-5-11-24)29(26,27)23-18-8-6-14(21)12-17(18)22/h6-9,12-13,23H,2-5,10-11H2,1H3. The molecule has 0 unspecified atom stereocenters. The Morgan fingerprint density at radius 2 is 1.79 bits per heavy atom. The van der Waals surface area contributed by atoms with Gasteiger partial charge in [0.2, 0.25) is 0 Å². The predicted molar refractivity (Wildman–Crippen MR) is 118 cm³/mol. The number of carbonyl (C=O) groups is 1. The summed E-state index contributed by atoms with van der Waals surface area (Å²) in [4.78, 5) is 15.5. The lowest BCUT2D eigenvalue weighted by Gasteiger charge is -2.22. The number of hydrogen-bond donors (Lipinski definition) is 1. The van der Waals surface area contributed by atoms with E-state index in [9.17, 15) is 17.6 Å². The number of anilines is 1. The van der Waals surface area contributed by atoms with Crippen molar-refractivity contribution in [1.82, 2.24) is 4.90 Å². The van der Waals surface area contributed by atoms with E-state index in [1.807, 2.05) is 6.26 Å². The molecule has 29 heavy (non-hydrogen) atoms. The number of sulfonamides is 1. The molecule has 1 heterocycles. The van der Waals surface area contributed by atoms with E-state index >= 15 is 0 Å². The second kappa shape index (κ2) is 9.49. The van der Waals surface area contributed by atoms with Crippen LogP contribution < -0.4 is 4.72 Å². The van der Waals surface area contributed by atoms with Crippen molar-refractivity contribution in [3.63, 3.8) is 0 Å². The summed E-state index contributed by atoms with van der Waals surface area (Å²) in [6, 6.07) is 8.52. The highest BCUT2D eigenvalue weighted by atomic mass is 79.9. The van der Waals surface area contributed by atoms with Crippen molar-refractivity contribution in [2.45, 2.75) is 35.5 Å². The van der Waals surface area contributed by atoms with Gasteiger partial charge in [-0.15, -0.1) is 11.8 Å². The summed E-state index contributed by atoms with van der Waals surface area (Å²) in [7, 11) is -4.05. The Labute approximate surface area is 183 Å². The average Bonchev–Trinajstić information content (AvgIpc) is 2.98. The quantitative estimate of drug-likeness (QED) is 0.578. The molecule has 1 saturated heterocycles. The van der Waals surface area contributed by atoms with Gasteiger partial charge >= 0.3 is 0 Å². The zero-order chi connectivity index (χ0) is 21.0. The van der Waals surface area contributed by atoms with Crippen molar-refractivity contribution in [3.05, 3.63) is 52.3 Å². The molecular weight excluding hydrogens is 479 g/mol. The third-order valence-corrected chi connectivity index (χ3v) is 7.43. The van der Waals surface area contributed by atoms with Crippen molar-refractivity contribution >= 4 is 49.3 Å². The number of thioether (sulfide) groups is 1. The van der Waals surface area contributed by atoms with Gasteiger partial charge in [-0.25, -0.2) is 12.8 Å². The van der Waals surface area contributed by atoms with Crippen LogP contribution in [0.1, 0.15) is 36.0 Å². The first-order valence-corrected chi connectivity index (χ1v) is 12.8. The van der Waals surface area contributed by atoms with E-state index in [-0.39, 0.29) is 16.5 Å². The van der Waals surface area contributed by atoms with Crippen molar-refractivity contribution in [2.75, 3.05) is 24.1 Å². The Bertz CT molecular complexity index is 1010. The zero-order valence-corrected chi connectivity index (χ0v) is 19.2. The molecule has 0 saturated carbocycles. The van der Waals surface area contributed by atoms with Crippen molar-refractivity contribution in [3.8, 4) is 0 Å². The number of halogens is 2. The Kier molecular flexibility index (Phi) is 7.23. The molecule has 3 rings (SSSR count). The minimum atomic E-state index is -4.05. The van der Waals surface area contributed by atoms with Gasteiger partial charge in [-0.3, -0.25) is 9.52 Å². The molecule has 5 nitrogen and oxygen atoms in total. The molecule has 0 aliphatic carbocycles. The van der Waals surface area contributed by atoms with E-state index in [2.05, 4.69) is 20.7 Å². The molecule has 9 heteroatoms. The number of likely N-dealkylation sites (tertiary alicyclic amines) is 1. The third-order valence-electron chi connectivity index (χ3n) is 4.78. The van der Waals surface area contributed by atoms with Crippen molar-refractivity contribution < 1.29 is 17.6 Å².